The van der Waals surface area contributed by atoms with Gasteiger partial charge in [-0.25, -0.2) is 0 Å². The molecule has 3 aliphatic rings. The Morgan fingerprint density at radius 1 is 1.06 bits per heavy atom. The number of Topliss-reactive ketones (excluding diaryl/α,β-unsaturated/α-hetero) is 2. The second-order valence-electron chi connectivity index (χ2n) is 10.4. The van der Waals surface area contributed by atoms with E-state index in [1.807, 2.05) is 36.4 Å². The monoisotopic (exact) mass is 491 g/mol. The molecule has 3 N–H and O–H groups in total. The van der Waals surface area contributed by atoms with Crippen molar-refractivity contribution < 1.29 is 24.3 Å². The zero-order valence-corrected chi connectivity index (χ0v) is 20.3. The minimum absolute atomic E-state index is 0.0375. The summed E-state index contributed by atoms with van der Waals surface area (Å²) in [7, 11) is 0. The van der Waals surface area contributed by atoms with Crippen LogP contribution in [0.4, 0.5) is 0 Å². The van der Waals surface area contributed by atoms with Crippen molar-refractivity contribution in [3.63, 3.8) is 0 Å². The summed E-state index contributed by atoms with van der Waals surface area (Å²) in [4.78, 5) is 56.7. The number of hydrogen-bond acceptors (Lipinski definition) is 5. The second-order valence-corrected chi connectivity index (χ2v) is 10.4. The highest BCUT2D eigenvalue weighted by molar-refractivity contribution is 5.99. The Morgan fingerprint density at radius 3 is 2.58 bits per heavy atom. The van der Waals surface area contributed by atoms with E-state index in [0.717, 1.165) is 36.9 Å². The summed E-state index contributed by atoms with van der Waals surface area (Å²) in [5, 5.41) is 12.3. The molecule has 0 bridgehead atoms. The lowest BCUT2D eigenvalue weighted by Gasteiger charge is -2.29. The summed E-state index contributed by atoms with van der Waals surface area (Å²) >= 11 is 0. The molecule has 2 aliphatic carbocycles. The number of H-pyrrole nitrogens is 1. The Labute approximate surface area is 210 Å². The molecule has 3 fully saturated rings. The van der Waals surface area contributed by atoms with E-state index < -0.39 is 24.5 Å². The maximum absolute atomic E-state index is 13.6. The number of ketones is 2. The van der Waals surface area contributed by atoms with E-state index >= 15 is 0 Å². The van der Waals surface area contributed by atoms with Crippen molar-refractivity contribution >= 4 is 23.4 Å². The summed E-state index contributed by atoms with van der Waals surface area (Å²) in [6, 6.07) is 11.7. The first-order valence-electron chi connectivity index (χ1n) is 13.0. The largest absolute Gasteiger partial charge is 0.389 e. The third-order valence-electron chi connectivity index (χ3n) is 8.23. The topological polar surface area (TPSA) is 120 Å². The van der Waals surface area contributed by atoms with Gasteiger partial charge in [0.15, 0.2) is 5.78 Å². The van der Waals surface area contributed by atoms with Crippen LogP contribution in [0.5, 0.6) is 0 Å². The van der Waals surface area contributed by atoms with Crippen LogP contribution in [-0.2, 0) is 14.4 Å². The van der Waals surface area contributed by atoms with Crippen molar-refractivity contribution in [2.45, 2.75) is 57.0 Å². The van der Waals surface area contributed by atoms with Crippen LogP contribution in [0.3, 0.4) is 0 Å². The third-order valence-corrected chi connectivity index (χ3v) is 8.23. The number of nitrogens with one attached hydrogen (secondary N) is 2. The quantitative estimate of drug-likeness (QED) is 0.525. The molecule has 2 aromatic rings. The van der Waals surface area contributed by atoms with Gasteiger partial charge in [-0.05, 0) is 61.6 Å². The molecule has 8 heteroatoms. The molecule has 190 valence electrons. The fraction of sp³-hybridized carbons (Fsp3) is 0.500. The summed E-state index contributed by atoms with van der Waals surface area (Å²) in [5.41, 5.74) is 2.22. The molecule has 8 nitrogen and oxygen atoms in total. The van der Waals surface area contributed by atoms with E-state index in [2.05, 4.69) is 10.3 Å². The first kappa shape index (κ1) is 24.4. The van der Waals surface area contributed by atoms with Crippen molar-refractivity contribution in [3.8, 4) is 11.3 Å². The zero-order valence-electron chi connectivity index (χ0n) is 20.3. The van der Waals surface area contributed by atoms with Crippen molar-refractivity contribution in [1.29, 1.82) is 0 Å². The first-order valence-corrected chi connectivity index (χ1v) is 13.0. The van der Waals surface area contributed by atoms with Gasteiger partial charge in [0.05, 0.1) is 6.04 Å². The predicted octanol–water partition coefficient (Wildman–Crippen LogP) is 2.73. The fourth-order valence-corrected chi connectivity index (χ4v) is 6.37. The lowest BCUT2D eigenvalue weighted by atomic mass is 9.91. The van der Waals surface area contributed by atoms with Gasteiger partial charge in [0.25, 0.3) is 5.91 Å². The average Bonchev–Trinajstić information content (AvgIpc) is 3.68. The molecule has 5 atom stereocenters. The molecular weight excluding hydrogens is 458 g/mol. The van der Waals surface area contributed by atoms with Crippen molar-refractivity contribution in [3.05, 3.63) is 48.2 Å². The summed E-state index contributed by atoms with van der Waals surface area (Å²) in [6.45, 7) is -0.197. The molecular formula is C28H33N3O5. The van der Waals surface area contributed by atoms with Crippen molar-refractivity contribution in [2.75, 3.05) is 13.2 Å². The number of aromatic nitrogens is 1. The van der Waals surface area contributed by atoms with Crippen molar-refractivity contribution in [1.82, 2.24) is 15.2 Å². The Morgan fingerprint density at radius 2 is 1.86 bits per heavy atom. The highest BCUT2D eigenvalue weighted by Gasteiger charge is 2.50. The smallest absolute Gasteiger partial charge is 0.270 e. The SMILES string of the molecule is O=C1CCC[C@H]1C[C@H](NC(=O)[C@@H]1[C@H]2CCC[C@H]2CN1C(=O)c1ccc(-c2ccccc2)[nH]1)C(=O)CO. The Bertz CT molecular complexity index is 1140. The van der Waals surface area contributed by atoms with Crippen LogP contribution in [0.1, 0.15) is 55.4 Å². The summed E-state index contributed by atoms with van der Waals surface area (Å²) < 4.78 is 0. The molecule has 1 aromatic heterocycles. The third kappa shape index (κ3) is 4.74. The second kappa shape index (κ2) is 10.4. The van der Waals surface area contributed by atoms with Crippen LogP contribution in [-0.4, -0.2) is 63.6 Å². The molecule has 2 heterocycles. The van der Waals surface area contributed by atoms with Crippen LogP contribution < -0.4 is 5.32 Å². The van der Waals surface area contributed by atoms with E-state index in [4.69, 9.17) is 0 Å². The van der Waals surface area contributed by atoms with Gasteiger partial charge >= 0.3 is 0 Å². The number of aliphatic hydroxyl groups excluding tert-OH is 1. The lowest BCUT2D eigenvalue weighted by molar-refractivity contribution is -0.133. The Balaban J connectivity index is 1.35. The van der Waals surface area contributed by atoms with E-state index in [9.17, 15) is 24.3 Å². The number of fused-ring (bicyclic) bond motifs is 1. The Hall–Kier alpha value is -3.26. The molecule has 0 radical (unpaired) electrons. The van der Waals surface area contributed by atoms with Gasteiger partial charge in [-0.3, -0.25) is 19.2 Å². The number of carbonyl (C=O) groups excluding carboxylic acids is 4. The van der Waals surface area contributed by atoms with Crippen molar-refractivity contribution in [2.24, 2.45) is 17.8 Å². The molecule has 0 spiro atoms. The number of amides is 2. The average molecular weight is 492 g/mol. The van der Waals surface area contributed by atoms with E-state index in [1.165, 1.54) is 0 Å². The van der Waals surface area contributed by atoms with E-state index in [-0.39, 0.29) is 41.8 Å². The number of nitrogens with zero attached hydrogens (tertiary/aromatic N) is 1. The van der Waals surface area contributed by atoms with Crippen LogP contribution in [0.15, 0.2) is 42.5 Å². The number of hydrogen-bond donors (Lipinski definition) is 3. The Kier molecular flexibility index (Phi) is 7.05. The number of aliphatic hydroxyl groups is 1. The van der Waals surface area contributed by atoms with E-state index in [0.29, 0.717) is 25.1 Å². The van der Waals surface area contributed by atoms with Gasteiger partial charge in [-0.1, -0.05) is 36.8 Å². The summed E-state index contributed by atoms with van der Waals surface area (Å²) in [6.07, 6.45) is 5.01. The lowest BCUT2D eigenvalue weighted by Crippen LogP contribution is -2.53. The molecule has 36 heavy (non-hydrogen) atoms. The number of rotatable bonds is 8. The van der Waals surface area contributed by atoms with Crippen LogP contribution in [0.2, 0.25) is 0 Å². The molecule has 1 aliphatic heterocycles. The maximum atomic E-state index is 13.6. The molecule has 1 saturated heterocycles. The number of likely N-dealkylation sites (tertiary alicyclic amines) is 1. The minimum Gasteiger partial charge on any atom is -0.389 e. The van der Waals surface area contributed by atoms with E-state index in [1.54, 1.807) is 11.0 Å². The highest BCUT2D eigenvalue weighted by atomic mass is 16.3. The zero-order chi connectivity index (χ0) is 25.2. The summed E-state index contributed by atoms with van der Waals surface area (Å²) in [5.74, 6) is -0.991. The van der Waals surface area contributed by atoms with Gasteiger partial charge in [0.2, 0.25) is 5.91 Å². The van der Waals surface area contributed by atoms with Crippen LogP contribution in [0, 0.1) is 17.8 Å². The molecule has 2 saturated carbocycles. The molecule has 0 unspecified atom stereocenters. The number of benzene rings is 1. The molecule has 5 rings (SSSR count). The maximum Gasteiger partial charge on any atom is 0.270 e. The van der Waals surface area contributed by atoms with Crippen LogP contribution in [0.25, 0.3) is 11.3 Å². The molecule has 2 amide bonds. The minimum atomic E-state index is -0.929. The van der Waals surface area contributed by atoms with Gasteiger partial charge in [-0.2, -0.15) is 0 Å². The van der Waals surface area contributed by atoms with Gasteiger partial charge in [-0.15, -0.1) is 0 Å². The predicted molar refractivity (Wildman–Crippen MR) is 133 cm³/mol. The van der Waals surface area contributed by atoms with Gasteiger partial charge < -0.3 is 20.3 Å². The number of aromatic amines is 1. The van der Waals surface area contributed by atoms with Crippen LogP contribution >= 0.6 is 0 Å². The standard InChI is InChI=1S/C28H33N3O5/c32-16-25(34)23(14-18-8-5-11-24(18)33)30-27(35)26-20-10-4-9-19(20)15-31(26)28(36)22-13-12-21(29-22)17-6-2-1-3-7-17/h1-3,6-7,12-13,18-20,23,26,29,32H,4-5,8-11,14-16H2,(H,30,35)/t18-,19-,20-,23-,26-/m0/s1. The van der Waals surface area contributed by atoms with Gasteiger partial charge in [0, 0.05) is 24.6 Å². The normalized spacial score (nSPS) is 26.1. The fourth-order valence-electron chi connectivity index (χ4n) is 6.37. The number of carbonyl (C=O) groups is 4. The van der Waals surface area contributed by atoms with Gasteiger partial charge in [0.1, 0.15) is 24.1 Å². The first-order chi connectivity index (χ1) is 17.5. The highest BCUT2D eigenvalue weighted by Crippen LogP contribution is 2.43. The molecule has 1 aromatic carbocycles.